The number of ether oxygens (including phenoxy) is 2. The molecule has 0 aliphatic carbocycles. The van der Waals surface area contributed by atoms with Crippen LogP contribution in [0.15, 0.2) is 52.7 Å². The molecule has 1 aromatic heterocycles. The van der Waals surface area contributed by atoms with Crippen LogP contribution in [0.2, 0.25) is 0 Å². The lowest BCUT2D eigenvalue weighted by Gasteiger charge is -2.31. The van der Waals surface area contributed by atoms with E-state index in [9.17, 15) is 18.3 Å². The Bertz CT molecular complexity index is 1410. The molecule has 0 aliphatic heterocycles. The number of sulfonamides is 1. The fourth-order valence-corrected chi connectivity index (χ4v) is 6.54. The van der Waals surface area contributed by atoms with Crippen LogP contribution in [0.1, 0.15) is 56.4 Å². The van der Waals surface area contributed by atoms with Crippen LogP contribution in [0.25, 0.3) is 0 Å². The molecule has 0 fully saturated rings. The fourth-order valence-electron chi connectivity index (χ4n) is 4.23. The molecule has 3 aromatic rings. The predicted molar refractivity (Wildman–Crippen MR) is 164 cm³/mol. The molecule has 11 heteroatoms. The smallest absolute Gasteiger partial charge is 0.407 e. The van der Waals surface area contributed by atoms with E-state index in [0.717, 1.165) is 16.3 Å². The summed E-state index contributed by atoms with van der Waals surface area (Å²) in [5.74, 6) is 0.660. The van der Waals surface area contributed by atoms with Crippen LogP contribution in [0.4, 0.5) is 4.79 Å². The van der Waals surface area contributed by atoms with Crippen molar-refractivity contribution in [3.8, 4) is 5.75 Å². The molecule has 1 amide bonds. The largest absolute Gasteiger partial charge is 0.487 e. The summed E-state index contributed by atoms with van der Waals surface area (Å²) in [6, 6.07) is 14.1. The first kappa shape index (κ1) is 33.5. The first-order chi connectivity index (χ1) is 19.6. The Labute approximate surface area is 253 Å². The molecule has 229 valence electrons. The lowest BCUT2D eigenvalue weighted by atomic mass is 10.0. The quantitative estimate of drug-likeness (QED) is 0.268. The number of carbonyl (C=O) groups excluding carboxylic acids is 1. The molecular formula is C31H42N3O6S2. The SMILES string of the molecule is Cc1[c]ccc(S(=O)(=O)N(CC(C)C)C[C@@H](O)[C@H](Cc2ccc(OCc3csc(C)n3)cc2)NC(=O)OC(C)(C)C)c1. The lowest BCUT2D eigenvalue weighted by Crippen LogP contribution is -2.51. The van der Waals surface area contributed by atoms with Crippen molar-refractivity contribution in [1.82, 2.24) is 14.6 Å². The van der Waals surface area contributed by atoms with E-state index >= 15 is 0 Å². The zero-order chi connectivity index (χ0) is 31.1. The number of thiazole rings is 1. The first-order valence-electron chi connectivity index (χ1n) is 13.9. The summed E-state index contributed by atoms with van der Waals surface area (Å²) in [5.41, 5.74) is 1.62. The highest BCUT2D eigenvalue weighted by atomic mass is 32.2. The molecule has 0 unspecified atom stereocenters. The molecule has 0 bridgehead atoms. The van der Waals surface area contributed by atoms with Gasteiger partial charge in [-0.25, -0.2) is 18.2 Å². The topological polar surface area (TPSA) is 118 Å². The Kier molecular flexibility index (Phi) is 11.5. The average Bonchev–Trinajstić information content (AvgIpc) is 3.31. The highest BCUT2D eigenvalue weighted by Gasteiger charge is 2.32. The summed E-state index contributed by atoms with van der Waals surface area (Å²) in [6.45, 7) is 13.1. The molecule has 9 nitrogen and oxygen atoms in total. The van der Waals surface area contributed by atoms with Crippen LogP contribution in [-0.2, 0) is 27.8 Å². The van der Waals surface area contributed by atoms with Crippen LogP contribution in [0, 0.1) is 25.8 Å². The minimum atomic E-state index is -3.92. The minimum Gasteiger partial charge on any atom is -0.487 e. The molecule has 0 aliphatic rings. The van der Waals surface area contributed by atoms with Crippen molar-refractivity contribution < 1.29 is 27.8 Å². The summed E-state index contributed by atoms with van der Waals surface area (Å²) in [7, 11) is -3.92. The molecule has 42 heavy (non-hydrogen) atoms. The standard InChI is InChI=1S/C31H42N3O6S2/c1-21(2)17-34(42(37,38)27-10-8-9-22(3)15-27)18-29(35)28(33-30(36)40-31(5,6)7)16-24-11-13-26(14-12-24)39-19-25-20-41-23(4)32-25/h8,10-15,20-21,28-29,35H,16-19H2,1-7H3,(H,33,36)/t28-,29+/m0/s1. The van der Waals surface area contributed by atoms with Gasteiger partial charge in [0.15, 0.2) is 0 Å². The van der Waals surface area contributed by atoms with Crippen molar-refractivity contribution in [2.75, 3.05) is 13.1 Å². The lowest BCUT2D eigenvalue weighted by molar-refractivity contribution is 0.0400. The molecule has 0 saturated heterocycles. The third-order valence-electron chi connectivity index (χ3n) is 6.11. The number of aromatic nitrogens is 1. The fraction of sp³-hybridized carbons (Fsp3) is 0.484. The minimum absolute atomic E-state index is 0.00125. The Morgan fingerprint density at radius 1 is 1.14 bits per heavy atom. The van der Waals surface area contributed by atoms with E-state index < -0.39 is 33.9 Å². The van der Waals surface area contributed by atoms with Crippen LogP contribution >= 0.6 is 11.3 Å². The third-order valence-corrected chi connectivity index (χ3v) is 8.76. The number of nitrogens with one attached hydrogen (secondary N) is 1. The van der Waals surface area contributed by atoms with Gasteiger partial charge in [0.05, 0.1) is 27.7 Å². The molecule has 0 saturated carbocycles. The molecule has 2 atom stereocenters. The van der Waals surface area contributed by atoms with Crippen LogP contribution in [0.3, 0.4) is 0 Å². The Morgan fingerprint density at radius 3 is 2.40 bits per heavy atom. The zero-order valence-corrected chi connectivity index (χ0v) is 27.0. The molecule has 1 radical (unpaired) electrons. The van der Waals surface area contributed by atoms with Crippen molar-refractivity contribution in [2.24, 2.45) is 5.92 Å². The number of amides is 1. The van der Waals surface area contributed by atoms with Crippen LogP contribution in [-0.4, -0.2) is 59.7 Å². The molecule has 2 aromatic carbocycles. The summed E-state index contributed by atoms with van der Waals surface area (Å²) in [5, 5.41) is 17.1. The van der Waals surface area contributed by atoms with Crippen molar-refractivity contribution in [1.29, 1.82) is 0 Å². The number of aliphatic hydroxyl groups excluding tert-OH is 1. The number of aryl methyl sites for hydroxylation is 2. The van der Waals surface area contributed by atoms with Crippen LogP contribution in [0.5, 0.6) is 5.75 Å². The second kappa shape index (κ2) is 14.5. The summed E-state index contributed by atoms with van der Waals surface area (Å²) in [6.07, 6.45) is -1.69. The first-order valence-corrected chi connectivity index (χ1v) is 16.2. The summed E-state index contributed by atoms with van der Waals surface area (Å²) >= 11 is 1.57. The van der Waals surface area contributed by atoms with Crippen molar-refractivity contribution in [2.45, 2.75) is 84.1 Å². The number of hydrogen-bond donors (Lipinski definition) is 2. The second-order valence-corrected chi connectivity index (χ2v) is 14.7. The average molecular weight is 617 g/mol. The third kappa shape index (κ3) is 10.4. The maximum atomic E-state index is 13.6. The van der Waals surface area contributed by atoms with E-state index in [-0.39, 0.29) is 30.3 Å². The number of alkyl carbamates (subject to hydrolysis) is 1. The van der Waals surface area contributed by atoms with Crippen molar-refractivity contribution in [3.63, 3.8) is 0 Å². The van der Waals surface area contributed by atoms with Gasteiger partial charge in [0.25, 0.3) is 0 Å². The summed E-state index contributed by atoms with van der Waals surface area (Å²) in [4.78, 5) is 17.3. The van der Waals surface area contributed by atoms with Gasteiger partial charge in [-0.1, -0.05) is 32.0 Å². The van der Waals surface area contributed by atoms with E-state index in [1.807, 2.05) is 50.4 Å². The number of rotatable bonds is 13. The summed E-state index contributed by atoms with van der Waals surface area (Å²) < 4.78 is 39.8. The van der Waals surface area contributed by atoms with Crippen molar-refractivity contribution >= 4 is 27.5 Å². The zero-order valence-electron chi connectivity index (χ0n) is 25.4. The Hall–Kier alpha value is -2.99. The van der Waals surface area contributed by atoms with Gasteiger partial charge >= 0.3 is 6.09 Å². The maximum absolute atomic E-state index is 13.6. The second-order valence-electron chi connectivity index (χ2n) is 11.7. The van der Waals surface area contributed by atoms with E-state index in [4.69, 9.17) is 9.47 Å². The molecule has 1 heterocycles. The molecule has 3 rings (SSSR count). The highest BCUT2D eigenvalue weighted by molar-refractivity contribution is 7.89. The molecule has 0 spiro atoms. The van der Waals surface area contributed by atoms with Gasteiger partial charge < -0.3 is 19.9 Å². The van der Waals surface area contributed by atoms with Crippen LogP contribution < -0.4 is 10.1 Å². The predicted octanol–water partition coefficient (Wildman–Crippen LogP) is 5.28. The number of nitrogens with zero attached hydrogens (tertiary/aromatic N) is 2. The number of hydrogen-bond acceptors (Lipinski definition) is 8. The Morgan fingerprint density at radius 2 is 1.83 bits per heavy atom. The van der Waals surface area contributed by atoms with Gasteiger partial charge in [0, 0.05) is 18.5 Å². The van der Waals surface area contributed by atoms with E-state index in [1.54, 1.807) is 51.2 Å². The van der Waals surface area contributed by atoms with E-state index in [0.29, 0.717) is 17.9 Å². The number of benzene rings is 2. The number of carbonyl (C=O) groups is 1. The number of aliphatic hydroxyl groups is 1. The van der Waals surface area contributed by atoms with Gasteiger partial charge in [-0.2, -0.15) is 4.31 Å². The van der Waals surface area contributed by atoms with Gasteiger partial charge in [0.1, 0.15) is 18.0 Å². The molecular weight excluding hydrogens is 574 g/mol. The monoisotopic (exact) mass is 616 g/mol. The maximum Gasteiger partial charge on any atom is 0.407 e. The van der Waals surface area contributed by atoms with E-state index in [2.05, 4.69) is 16.4 Å². The molecule has 2 N–H and O–H groups in total. The van der Waals surface area contributed by atoms with Gasteiger partial charge in [-0.3, -0.25) is 0 Å². The van der Waals surface area contributed by atoms with Gasteiger partial charge in [0.2, 0.25) is 10.0 Å². The van der Waals surface area contributed by atoms with Gasteiger partial charge in [-0.15, -0.1) is 11.3 Å². The highest BCUT2D eigenvalue weighted by Crippen LogP contribution is 2.21. The normalized spacial score (nSPS) is 13.7. The van der Waals surface area contributed by atoms with Gasteiger partial charge in [-0.05, 0) is 88.4 Å². The van der Waals surface area contributed by atoms with Crippen molar-refractivity contribution in [3.05, 3.63) is 75.7 Å². The van der Waals surface area contributed by atoms with E-state index in [1.165, 1.54) is 10.4 Å². The Balaban J connectivity index is 1.80.